The Morgan fingerprint density at radius 2 is 2.20 bits per heavy atom. The Hall–Kier alpha value is -0.830. The second kappa shape index (κ2) is 4.79. The molecule has 0 amide bonds. The van der Waals surface area contributed by atoms with Gasteiger partial charge in [0.2, 0.25) is 0 Å². The molecule has 3 nitrogen and oxygen atoms in total. The third-order valence-corrected chi connectivity index (χ3v) is 3.37. The monoisotopic (exact) mass is 210 g/mol. The van der Waals surface area contributed by atoms with Crippen molar-refractivity contribution in [2.75, 3.05) is 6.61 Å². The van der Waals surface area contributed by atoms with Crippen LogP contribution in [0.3, 0.4) is 0 Å². The first-order chi connectivity index (χ1) is 7.01. The van der Waals surface area contributed by atoms with Crippen LogP contribution in [0.1, 0.15) is 33.3 Å². The molecule has 1 aromatic heterocycles. The van der Waals surface area contributed by atoms with E-state index in [-0.39, 0.29) is 12.0 Å². The van der Waals surface area contributed by atoms with E-state index in [9.17, 15) is 5.11 Å². The summed E-state index contributed by atoms with van der Waals surface area (Å²) in [6.45, 7) is 9.63. The first kappa shape index (κ1) is 12.2. The van der Waals surface area contributed by atoms with Gasteiger partial charge in [0.15, 0.2) is 0 Å². The Labute approximate surface area is 92.1 Å². The summed E-state index contributed by atoms with van der Waals surface area (Å²) >= 11 is 0. The van der Waals surface area contributed by atoms with Crippen molar-refractivity contribution in [3.05, 3.63) is 18.0 Å². The van der Waals surface area contributed by atoms with E-state index < -0.39 is 0 Å². The SMILES string of the molecule is CCn1cc(CC(C)(CO)C(C)C)cn1. The van der Waals surface area contributed by atoms with E-state index in [1.807, 2.05) is 10.9 Å². The van der Waals surface area contributed by atoms with Crippen molar-refractivity contribution in [1.82, 2.24) is 9.78 Å². The first-order valence-corrected chi connectivity index (χ1v) is 5.64. The van der Waals surface area contributed by atoms with Crippen molar-refractivity contribution >= 4 is 0 Å². The minimum atomic E-state index is -0.0401. The zero-order chi connectivity index (χ0) is 11.5. The maximum atomic E-state index is 9.45. The summed E-state index contributed by atoms with van der Waals surface area (Å²) < 4.78 is 1.92. The number of hydrogen-bond donors (Lipinski definition) is 1. The second-order valence-electron chi connectivity index (χ2n) is 4.85. The van der Waals surface area contributed by atoms with E-state index in [0.29, 0.717) is 5.92 Å². The highest BCUT2D eigenvalue weighted by Gasteiger charge is 2.28. The normalized spacial score (nSPS) is 15.6. The highest BCUT2D eigenvalue weighted by molar-refractivity contribution is 5.07. The van der Waals surface area contributed by atoms with Crippen LogP contribution in [0.5, 0.6) is 0 Å². The molecule has 0 radical (unpaired) electrons. The summed E-state index contributed by atoms with van der Waals surface area (Å²) in [4.78, 5) is 0. The van der Waals surface area contributed by atoms with Crippen molar-refractivity contribution in [3.8, 4) is 0 Å². The molecule has 1 aromatic rings. The van der Waals surface area contributed by atoms with E-state index in [1.165, 1.54) is 5.56 Å². The van der Waals surface area contributed by atoms with Crippen LogP contribution in [0.15, 0.2) is 12.4 Å². The minimum Gasteiger partial charge on any atom is -0.396 e. The van der Waals surface area contributed by atoms with E-state index in [1.54, 1.807) is 0 Å². The summed E-state index contributed by atoms with van der Waals surface area (Å²) in [5.41, 5.74) is 1.17. The van der Waals surface area contributed by atoms with Gasteiger partial charge in [-0.25, -0.2) is 0 Å². The van der Waals surface area contributed by atoms with Gasteiger partial charge >= 0.3 is 0 Å². The Balaban J connectivity index is 2.74. The lowest BCUT2D eigenvalue weighted by molar-refractivity contribution is 0.0947. The van der Waals surface area contributed by atoms with Crippen LogP contribution in [0, 0.1) is 11.3 Å². The molecule has 0 aromatic carbocycles. The molecular weight excluding hydrogens is 188 g/mol. The number of hydrogen-bond acceptors (Lipinski definition) is 2. The highest BCUT2D eigenvalue weighted by atomic mass is 16.3. The Bertz CT molecular complexity index is 306. The predicted molar refractivity (Wildman–Crippen MR) is 61.6 cm³/mol. The molecule has 0 saturated heterocycles. The molecule has 86 valence electrons. The van der Waals surface area contributed by atoms with Crippen LogP contribution < -0.4 is 0 Å². The van der Waals surface area contributed by atoms with Crippen LogP contribution >= 0.6 is 0 Å². The van der Waals surface area contributed by atoms with Gasteiger partial charge in [-0.1, -0.05) is 20.8 Å². The topological polar surface area (TPSA) is 38.0 Å². The maximum Gasteiger partial charge on any atom is 0.0521 e. The summed E-state index contributed by atoms with van der Waals surface area (Å²) in [6, 6.07) is 0. The third kappa shape index (κ3) is 2.81. The van der Waals surface area contributed by atoms with Crippen molar-refractivity contribution in [2.45, 2.75) is 40.7 Å². The van der Waals surface area contributed by atoms with Gasteiger partial charge in [-0.05, 0) is 30.2 Å². The van der Waals surface area contributed by atoms with Crippen LogP contribution in [-0.2, 0) is 13.0 Å². The van der Waals surface area contributed by atoms with Gasteiger partial charge in [0.1, 0.15) is 0 Å². The van der Waals surface area contributed by atoms with E-state index in [4.69, 9.17) is 0 Å². The zero-order valence-corrected chi connectivity index (χ0v) is 10.2. The number of nitrogens with zero attached hydrogens (tertiary/aromatic N) is 2. The molecule has 1 rings (SSSR count). The van der Waals surface area contributed by atoms with E-state index in [0.717, 1.165) is 13.0 Å². The average Bonchev–Trinajstić information content (AvgIpc) is 2.65. The number of aliphatic hydroxyl groups is 1. The average molecular weight is 210 g/mol. The molecule has 0 bridgehead atoms. The molecule has 1 heterocycles. The molecule has 0 aliphatic carbocycles. The van der Waals surface area contributed by atoms with Crippen LogP contribution in [-0.4, -0.2) is 21.5 Å². The highest BCUT2D eigenvalue weighted by Crippen LogP contribution is 2.30. The molecule has 0 fully saturated rings. The molecule has 0 aliphatic rings. The number of rotatable bonds is 5. The minimum absolute atomic E-state index is 0.0401. The van der Waals surface area contributed by atoms with Gasteiger partial charge in [-0.2, -0.15) is 5.10 Å². The fraction of sp³-hybridized carbons (Fsp3) is 0.750. The van der Waals surface area contributed by atoms with Crippen molar-refractivity contribution in [1.29, 1.82) is 0 Å². The number of aromatic nitrogens is 2. The smallest absolute Gasteiger partial charge is 0.0521 e. The molecule has 15 heavy (non-hydrogen) atoms. The number of aliphatic hydroxyl groups excluding tert-OH is 1. The Morgan fingerprint density at radius 1 is 1.53 bits per heavy atom. The van der Waals surface area contributed by atoms with Crippen LogP contribution in [0.2, 0.25) is 0 Å². The van der Waals surface area contributed by atoms with Gasteiger partial charge in [-0.3, -0.25) is 4.68 Å². The zero-order valence-electron chi connectivity index (χ0n) is 10.2. The van der Waals surface area contributed by atoms with Gasteiger partial charge in [0, 0.05) is 19.3 Å². The van der Waals surface area contributed by atoms with Gasteiger partial charge in [0.25, 0.3) is 0 Å². The first-order valence-electron chi connectivity index (χ1n) is 5.64. The standard InChI is InChI=1S/C12H22N2O/c1-5-14-8-11(7-13-14)6-12(4,9-15)10(2)3/h7-8,10,15H,5-6,9H2,1-4H3. The van der Waals surface area contributed by atoms with Gasteiger partial charge in [-0.15, -0.1) is 0 Å². The summed E-state index contributed by atoms with van der Waals surface area (Å²) in [5.74, 6) is 0.465. The second-order valence-corrected chi connectivity index (χ2v) is 4.85. The van der Waals surface area contributed by atoms with E-state index in [2.05, 4.69) is 39.0 Å². The lowest BCUT2D eigenvalue weighted by Gasteiger charge is -2.31. The fourth-order valence-electron chi connectivity index (χ4n) is 1.58. The summed E-state index contributed by atoms with van der Waals surface area (Å²) in [5, 5.41) is 13.7. The Kier molecular flexibility index (Phi) is 3.91. The number of aryl methyl sites for hydroxylation is 1. The molecule has 3 heteroatoms. The maximum absolute atomic E-state index is 9.45. The lowest BCUT2D eigenvalue weighted by Crippen LogP contribution is -2.30. The third-order valence-electron chi connectivity index (χ3n) is 3.37. The molecule has 0 saturated carbocycles. The predicted octanol–water partition coefficient (Wildman–Crippen LogP) is 2.10. The lowest BCUT2D eigenvalue weighted by atomic mass is 9.75. The summed E-state index contributed by atoms with van der Waals surface area (Å²) in [7, 11) is 0. The van der Waals surface area contributed by atoms with Crippen molar-refractivity contribution in [2.24, 2.45) is 11.3 Å². The molecule has 1 N–H and O–H groups in total. The fourth-order valence-corrected chi connectivity index (χ4v) is 1.58. The molecule has 1 unspecified atom stereocenters. The molecule has 0 spiro atoms. The van der Waals surface area contributed by atoms with Crippen LogP contribution in [0.25, 0.3) is 0 Å². The Morgan fingerprint density at radius 3 is 2.60 bits per heavy atom. The molecular formula is C12H22N2O. The van der Waals surface area contributed by atoms with Crippen molar-refractivity contribution in [3.63, 3.8) is 0 Å². The quantitative estimate of drug-likeness (QED) is 0.808. The van der Waals surface area contributed by atoms with Gasteiger partial charge < -0.3 is 5.11 Å². The van der Waals surface area contributed by atoms with Gasteiger partial charge in [0.05, 0.1) is 6.20 Å². The molecule has 0 aliphatic heterocycles. The largest absolute Gasteiger partial charge is 0.396 e. The summed E-state index contributed by atoms with van der Waals surface area (Å²) in [6.07, 6.45) is 4.86. The molecule has 1 atom stereocenters. The van der Waals surface area contributed by atoms with Crippen molar-refractivity contribution < 1.29 is 5.11 Å². The van der Waals surface area contributed by atoms with E-state index >= 15 is 0 Å². The van der Waals surface area contributed by atoms with Crippen LogP contribution in [0.4, 0.5) is 0 Å².